The van der Waals surface area contributed by atoms with Crippen molar-refractivity contribution >= 4 is 10.8 Å². The molecule has 0 aliphatic carbocycles. The number of phenolic OH excluding ortho intramolecular Hbond substituents is 1. The molecule has 0 atom stereocenters. The van der Waals surface area contributed by atoms with Crippen molar-refractivity contribution in [1.29, 1.82) is 0 Å². The minimum absolute atomic E-state index is 0.0765. The van der Waals surface area contributed by atoms with Crippen LogP contribution in [0, 0.1) is 5.82 Å². The molecule has 1 saturated heterocycles. The Balaban J connectivity index is 2.20. The summed E-state index contributed by atoms with van der Waals surface area (Å²) in [5.74, 6) is -0.777. The molecule has 1 aliphatic heterocycles. The van der Waals surface area contributed by atoms with Gasteiger partial charge in [0.2, 0.25) is 0 Å². The van der Waals surface area contributed by atoms with E-state index in [-0.39, 0.29) is 22.6 Å². The van der Waals surface area contributed by atoms with E-state index in [1.807, 2.05) is 0 Å². The van der Waals surface area contributed by atoms with E-state index in [1.54, 1.807) is 0 Å². The minimum Gasteiger partial charge on any atom is -0.507 e. The molecule has 1 N–H and O–H groups in total. The van der Waals surface area contributed by atoms with E-state index in [9.17, 15) is 14.3 Å². The molecule has 0 unspecified atom stereocenters. The number of phenols is 1. The van der Waals surface area contributed by atoms with Crippen LogP contribution in [-0.2, 0) is 4.74 Å². The van der Waals surface area contributed by atoms with E-state index in [1.165, 1.54) is 16.9 Å². The number of aromatic hydroxyl groups is 1. The molecule has 3 rings (SSSR count). The largest absolute Gasteiger partial charge is 0.507 e. The van der Waals surface area contributed by atoms with Crippen LogP contribution in [0.3, 0.4) is 0 Å². The third-order valence-electron chi connectivity index (χ3n) is 3.44. The van der Waals surface area contributed by atoms with Crippen LogP contribution in [0.15, 0.2) is 23.1 Å². The first-order valence-corrected chi connectivity index (χ1v) is 6.15. The van der Waals surface area contributed by atoms with E-state index < -0.39 is 11.4 Å². The number of fused-ring (bicyclic) bond motifs is 1. The summed E-state index contributed by atoms with van der Waals surface area (Å²) in [7, 11) is 0. The maximum Gasteiger partial charge on any atom is 0.278 e. The van der Waals surface area contributed by atoms with Crippen LogP contribution in [0.1, 0.15) is 18.9 Å². The molecule has 0 amide bonds. The predicted octanol–water partition coefficient (Wildman–Crippen LogP) is 1.59. The van der Waals surface area contributed by atoms with Crippen molar-refractivity contribution in [2.45, 2.75) is 18.9 Å². The molecular formula is C13H13FN2O3. The molecule has 0 bridgehead atoms. The molecule has 1 aromatic carbocycles. The first kappa shape index (κ1) is 12.1. The van der Waals surface area contributed by atoms with Crippen LogP contribution >= 0.6 is 0 Å². The number of hydrogen-bond donors (Lipinski definition) is 1. The number of nitrogens with zero attached hydrogens (tertiary/aromatic N) is 2. The fourth-order valence-electron chi connectivity index (χ4n) is 2.41. The normalized spacial score (nSPS) is 16.9. The second-order valence-corrected chi connectivity index (χ2v) is 4.59. The first-order chi connectivity index (χ1) is 9.18. The molecule has 0 saturated carbocycles. The highest BCUT2D eigenvalue weighted by molar-refractivity contribution is 5.86. The zero-order valence-corrected chi connectivity index (χ0v) is 10.2. The van der Waals surface area contributed by atoms with Crippen molar-refractivity contribution in [1.82, 2.24) is 9.78 Å². The van der Waals surface area contributed by atoms with Gasteiger partial charge in [-0.15, -0.1) is 0 Å². The molecule has 1 fully saturated rings. The van der Waals surface area contributed by atoms with Crippen molar-refractivity contribution in [2.24, 2.45) is 0 Å². The molecule has 5 nitrogen and oxygen atoms in total. The SMILES string of the molecule is O=c1c2c(F)ccc(O)c2cnn1C1CCOCC1. The molecular weight excluding hydrogens is 251 g/mol. The van der Waals surface area contributed by atoms with Gasteiger partial charge in [-0.3, -0.25) is 4.79 Å². The number of benzene rings is 1. The number of halogens is 1. The Hall–Kier alpha value is -1.95. The monoisotopic (exact) mass is 264 g/mol. The lowest BCUT2D eigenvalue weighted by atomic mass is 10.1. The van der Waals surface area contributed by atoms with Crippen LogP contribution in [0.4, 0.5) is 4.39 Å². The van der Waals surface area contributed by atoms with Gasteiger partial charge < -0.3 is 9.84 Å². The topological polar surface area (TPSA) is 64.3 Å². The van der Waals surface area contributed by atoms with Crippen LogP contribution in [0.2, 0.25) is 0 Å². The summed E-state index contributed by atoms with van der Waals surface area (Å²) in [6, 6.07) is 2.23. The lowest BCUT2D eigenvalue weighted by Gasteiger charge is -2.23. The second-order valence-electron chi connectivity index (χ2n) is 4.59. The Morgan fingerprint density at radius 1 is 1.37 bits per heavy atom. The Bertz CT molecular complexity index is 677. The van der Waals surface area contributed by atoms with Crippen LogP contribution in [-0.4, -0.2) is 28.1 Å². The Kier molecular flexibility index (Phi) is 2.94. The van der Waals surface area contributed by atoms with Crippen LogP contribution < -0.4 is 5.56 Å². The Morgan fingerprint density at radius 3 is 2.84 bits per heavy atom. The summed E-state index contributed by atoms with van der Waals surface area (Å²) in [5.41, 5.74) is -0.502. The molecule has 0 spiro atoms. The first-order valence-electron chi connectivity index (χ1n) is 6.15. The van der Waals surface area contributed by atoms with Gasteiger partial charge in [0.15, 0.2) is 0 Å². The maximum atomic E-state index is 13.8. The summed E-state index contributed by atoms with van der Waals surface area (Å²) < 4.78 is 20.3. The molecule has 1 aliphatic rings. The molecule has 0 radical (unpaired) electrons. The van der Waals surface area contributed by atoms with Gasteiger partial charge in [0.05, 0.1) is 23.0 Å². The van der Waals surface area contributed by atoms with Gasteiger partial charge in [-0.2, -0.15) is 5.10 Å². The third-order valence-corrected chi connectivity index (χ3v) is 3.44. The van der Waals surface area contributed by atoms with Gasteiger partial charge in [0.25, 0.3) is 5.56 Å². The number of ether oxygens (including phenoxy) is 1. The second kappa shape index (κ2) is 4.62. The van der Waals surface area contributed by atoms with Crippen LogP contribution in [0.25, 0.3) is 10.8 Å². The summed E-state index contributed by atoms with van der Waals surface area (Å²) >= 11 is 0. The smallest absolute Gasteiger partial charge is 0.278 e. The van der Waals surface area contributed by atoms with E-state index in [4.69, 9.17) is 4.74 Å². The molecule has 2 aromatic rings. The van der Waals surface area contributed by atoms with Crippen molar-refractivity contribution < 1.29 is 14.2 Å². The van der Waals surface area contributed by atoms with Crippen molar-refractivity contribution in [3.8, 4) is 5.75 Å². The number of rotatable bonds is 1. The summed E-state index contributed by atoms with van der Waals surface area (Å²) in [5, 5.41) is 13.7. The van der Waals surface area contributed by atoms with Gasteiger partial charge in [-0.1, -0.05) is 0 Å². The van der Waals surface area contributed by atoms with E-state index >= 15 is 0 Å². The molecule has 19 heavy (non-hydrogen) atoms. The van der Waals surface area contributed by atoms with Gasteiger partial charge in [0, 0.05) is 13.2 Å². The highest BCUT2D eigenvalue weighted by Gasteiger charge is 2.20. The average Bonchev–Trinajstić information content (AvgIpc) is 2.44. The maximum absolute atomic E-state index is 13.8. The molecule has 100 valence electrons. The summed E-state index contributed by atoms with van der Waals surface area (Å²) in [6.07, 6.45) is 2.70. The zero-order valence-electron chi connectivity index (χ0n) is 10.2. The molecule has 2 heterocycles. The zero-order chi connectivity index (χ0) is 13.4. The number of hydrogen-bond acceptors (Lipinski definition) is 4. The standard InChI is InChI=1S/C13H13FN2O3/c14-10-1-2-11(17)9-7-15-16(13(18)12(9)10)8-3-5-19-6-4-8/h1-2,7-8,17H,3-6H2. The highest BCUT2D eigenvalue weighted by Crippen LogP contribution is 2.25. The molecule has 1 aromatic heterocycles. The highest BCUT2D eigenvalue weighted by atomic mass is 19.1. The minimum atomic E-state index is -0.638. The van der Waals surface area contributed by atoms with E-state index in [2.05, 4.69) is 5.10 Å². The van der Waals surface area contributed by atoms with Crippen molar-refractivity contribution in [2.75, 3.05) is 13.2 Å². The van der Waals surface area contributed by atoms with Gasteiger partial charge in [-0.05, 0) is 25.0 Å². The fourth-order valence-corrected chi connectivity index (χ4v) is 2.41. The molecule has 6 heteroatoms. The van der Waals surface area contributed by atoms with E-state index in [0.717, 1.165) is 6.07 Å². The van der Waals surface area contributed by atoms with Crippen molar-refractivity contribution in [3.63, 3.8) is 0 Å². The van der Waals surface area contributed by atoms with Gasteiger partial charge in [0.1, 0.15) is 11.6 Å². The van der Waals surface area contributed by atoms with Crippen molar-refractivity contribution in [3.05, 3.63) is 34.5 Å². The summed E-state index contributed by atoms with van der Waals surface area (Å²) in [4.78, 5) is 12.3. The predicted molar refractivity (Wildman–Crippen MR) is 66.7 cm³/mol. The van der Waals surface area contributed by atoms with Crippen LogP contribution in [0.5, 0.6) is 5.75 Å². The average molecular weight is 264 g/mol. The number of aromatic nitrogens is 2. The fraction of sp³-hybridized carbons (Fsp3) is 0.385. The van der Waals surface area contributed by atoms with E-state index in [0.29, 0.717) is 26.1 Å². The Labute approximate surface area is 108 Å². The quantitative estimate of drug-likeness (QED) is 0.849. The Morgan fingerprint density at radius 2 is 2.11 bits per heavy atom. The third kappa shape index (κ3) is 1.98. The van der Waals surface area contributed by atoms with Gasteiger partial charge >= 0.3 is 0 Å². The lowest BCUT2D eigenvalue weighted by Crippen LogP contribution is -2.31. The van der Waals surface area contributed by atoms with Gasteiger partial charge in [-0.25, -0.2) is 9.07 Å². The lowest BCUT2D eigenvalue weighted by molar-refractivity contribution is 0.0650. The summed E-state index contributed by atoms with van der Waals surface area (Å²) in [6.45, 7) is 1.14.